The first kappa shape index (κ1) is 19.2. The summed E-state index contributed by atoms with van der Waals surface area (Å²) in [6.07, 6.45) is -0.221. The number of benzene rings is 1. The number of alkyl carbamates (subject to hydrolysis) is 1. The summed E-state index contributed by atoms with van der Waals surface area (Å²) in [4.78, 5) is 24.8. The highest BCUT2D eigenvalue weighted by atomic mass is 16.6. The molecule has 0 bridgehead atoms. The maximum absolute atomic E-state index is 12.7. The van der Waals surface area contributed by atoms with Crippen molar-refractivity contribution in [3.05, 3.63) is 35.9 Å². The van der Waals surface area contributed by atoms with E-state index in [4.69, 9.17) is 9.47 Å². The standard InChI is InChI=1S/C18H27N3O4/c1-18(2,3)25-17(23)19-15(13-14-7-5-4-6-8-14)16(22)20-21-9-11-24-12-10-21/h4-8,15H,9-13H2,1-3H3,(H,19,23)(H,20,22)/t15-/m0/s1. The summed E-state index contributed by atoms with van der Waals surface area (Å²) in [5, 5.41) is 4.49. The maximum Gasteiger partial charge on any atom is 0.408 e. The van der Waals surface area contributed by atoms with Crippen LogP contribution in [0.2, 0.25) is 0 Å². The van der Waals surface area contributed by atoms with Gasteiger partial charge in [0.15, 0.2) is 0 Å². The average molecular weight is 349 g/mol. The largest absolute Gasteiger partial charge is 0.444 e. The van der Waals surface area contributed by atoms with Crippen LogP contribution in [-0.2, 0) is 20.7 Å². The van der Waals surface area contributed by atoms with Crippen molar-refractivity contribution >= 4 is 12.0 Å². The number of rotatable bonds is 5. The van der Waals surface area contributed by atoms with Gasteiger partial charge in [0, 0.05) is 19.5 Å². The fourth-order valence-corrected chi connectivity index (χ4v) is 2.42. The molecule has 7 nitrogen and oxygen atoms in total. The Morgan fingerprint density at radius 3 is 2.44 bits per heavy atom. The number of carbonyl (C=O) groups excluding carboxylic acids is 2. The molecule has 1 saturated heterocycles. The van der Waals surface area contributed by atoms with Crippen LogP contribution >= 0.6 is 0 Å². The zero-order valence-corrected chi connectivity index (χ0v) is 15.1. The molecule has 1 atom stereocenters. The van der Waals surface area contributed by atoms with Crippen molar-refractivity contribution < 1.29 is 19.1 Å². The van der Waals surface area contributed by atoms with E-state index in [1.165, 1.54) is 0 Å². The number of nitrogens with zero attached hydrogens (tertiary/aromatic N) is 1. The average Bonchev–Trinajstić information content (AvgIpc) is 2.54. The van der Waals surface area contributed by atoms with Crippen molar-refractivity contribution in [2.24, 2.45) is 0 Å². The van der Waals surface area contributed by atoms with E-state index in [2.05, 4.69) is 10.7 Å². The van der Waals surface area contributed by atoms with Crippen molar-refractivity contribution in [2.75, 3.05) is 26.3 Å². The second-order valence-electron chi connectivity index (χ2n) is 6.96. The third-order valence-electron chi connectivity index (χ3n) is 3.57. The quantitative estimate of drug-likeness (QED) is 0.842. The normalized spacial score (nSPS) is 16.8. The van der Waals surface area contributed by atoms with Gasteiger partial charge in [-0.1, -0.05) is 30.3 Å². The zero-order valence-electron chi connectivity index (χ0n) is 15.1. The monoisotopic (exact) mass is 349 g/mol. The van der Waals surface area contributed by atoms with Gasteiger partial charge in [-0.15, -0.1) is 0 Å². The van der Waals surface area contributed by atoms with Gasteiger partial charge in [0.25, 0.3) is 5.91 Å². The Labute approximate surface area is 148 Å². The van der Waals surface area contributed by atoms with Crippen LogP contribution in [0.3, 0.4) is 0 Å². The Bertz CT molecular complexity index is 565. The van der Waals surface area contributed by atoms with Gasteiger partial charge in [-0.3, -0.25) is 10.2 Å². The number of hydrogen-bond donors (Lipinski definition) is 2. The Kier molecular flexibility index (Phi) is 6.78. The van der Waals surface area contributed by atoms with E-state index in [1.54, 1.807) is 25.8 Å². The summed E-state index contributed by atoms with van der Waals surface area (Å²) >= 11 is 0. The van der Waals surface area contributed by atoms with Gasteiger partial charge >= 0.3 is 6.09 Å². The highest BCUT2D eigenvalue weighted by Gasteiger charge is 2.26. The van der Waals surface area contributed by atoms with Crippen molar-refractivity contribution in [1.29, 1.82) is 0 Å². The molecule has 0 spiro atoms. The van der Waals surface area contributed by atoms with E-state index >= 15 is 0 Å². The summed E-state index contributed by atoms with van der Waals surface area (Å²) < 4.78 is 10.6. The lowest BCUT2D eigenvalue weighted by Crippen LogP contribution is -2.56. The van der Waals surface area contributed by atoms with Crippen LogP contribution in [0.4, 0.5) is 4.79 Å². The first-order chi connectivity index (χ1) is 11.8. The van der Waals surface area contributed by atoms with Gasteiger partial charge in [-0.2, -0.15) is 0 Å². The lowest BCUT2D eigenvalue weighted by molar-refractivity contribution is -0.130. The molecule has 0 unspecified atom stereocenters. The van der Waals surface area contributed by atoms with E-state index < -0.39 is 17.7 Å². The fourth-order valence-electron chi connectivity index (χ4n) is 2.42. The molecular formula is C18H27N3O4. The van der Waals surface area contributed by atoms with Crippen molar-refractivity contribution in [2.45, 2.75) is 38.8 Å². The summed E-state index contributed by atoms with van der Waals surface area (Å²) in [6.45, 7) is 7.74. The molecule has 138 valence electrons. The van der Waals surface area contributed by atoms with E-state index in [0.29, 0.717) is 32.7 Å². The van der Waals surface area contributed by atoms with Crippen LogP contribution in [0, 0.1) is 0 Å². The maximum atomic E-state index is 12.7. The molecule has 0 aliphatic carbocycles. The minimum absolute atomic E-state index is 0.267. The molecule has 7 heteroatoms. The third kappa shape index (κ3) is 7.11. The lowest BCUT2D eigenvalue weighted by Gasteiger charge is -2.29. The van der Waals surface area contributed by atoms with Gasteiger partial charge in [-0.05, 0) is 26.3 Å². The number of ether oxygens (including phenoxy) is 2. The van der Waals surface area contributed by atoms with Gasteiger partial charge < -0.3 is 14.8 Å². The van der Waals surface area contributed by atoms with E-state index in [-0.39, 0.29) is 5.91 Å². The number of hydrogen-bond acceptors (Lipinski definition) is 5. The minimum atomic E-state index is -0.722. The number of morpholine rings is 1. The SMILES string of the molecule is CC(C)(C)OC(=O)N[C@@H](Cc1ccccc1)C(=O)NN1CCOCC1. The second kappa shape index (κ2) is 8.82. The Balaban J connectivity index is 2.02. The first-order valence-electron chi connectivity index (χ1n) is 8.50. The molecule has 0 aromatic heterocycles. The van der Waals surface area contributed by atoms with E-state index in [0.717, 1.165) is 5.56 Å². The molecule has 1 heterocycles. The predicted octanol–water partition coefficient (Wildman–Crippen LogP) is 1.49. The van der Waals surface area contributed by atoms with Crippen LogP contribution in [0.25, 0.3) is 0 Å². The molecule has 1 fully saturated rings. The fraction of sp³-hybridized carbons (Fsp3) is 0.556. The Morgan fingerprint density at radius 1 is 1.20 bits per heavy atom. The molecule has 0 saturated carbocycles. The highest BCUT2D eigenvalue weighted by molar-refractivity contribution is 5.85. The zero-order chi connectivity index (χ0) is 18.3. The first-order valence-corrected chi connectivity index (χ1v) is 8.50. The Morgan fingerprint density at radius 2 is 1.84 bits per heavy atom. The molecule has 2 amide bonds. The van der Waals surface area contributed by atoms with Crippen molar-refractivity contribution in [1.82, 2.24) is 15.8 Å². The summed E-state index contributed by atoms with van der Waals surface area (Å²) in [6, 6.07) is 8.84. The second-order valence-corrected chi connectivity index (χ2v) is 6.96. The number of carbonyl (C=O) groups is 2. The van der Waals surface area contributed by atoms with E-state index in [1.807, 2.05) is 30.3 Å². The topological polar surface area (TPSA) is 79.9 Å². The van der Waals surface area contributed by atoms with Crippen LogP contribution in [0.1, 0.15) is 26.3 Å². The van der Waals surface area contributed by atoms with Gasteiger partial charge in [0.1, 0.15) is 11.6 Å². The van der Waals surface area contributed by atoms with Gasteiger partial charge in [-0.25, -0.2) is 9.80 Å². The molecule has 1 aromatic rings. The Hall–Kier alpha value is -2.12. The molecule has 1 aromatic carbocycles. The molecular weight excluding hydrogens is 322 g/mol. The van der Waals surface area contributed by atoms with E-state index in [9.17, 15) is 9.59 Å². The van der Waals surface area contributed by atoms with Gasteiger partial charge in [0.05, 0.1) is 13.2 Å². The molecule has 1 aliphatic rings. The molecule has 2 N–H and O–H groups in total. The predicted molar refractivity (Wildman–Crippen MR) is 93.8 cm³/mol. The number of amides is 2. The summed E-state index contributed by atoms with van der Waals surface area (Å²) in [7, 11) is 0. The molecule has 25 heavy (non-hydrogen) atoms. The van der Waals surface area contributed by atoms with Crippen molar-refractivity contribution in [3.8, 4) is 0 Å². The highest BCUT2D eigenvalue weighted by Crippen LogP contribution is 2.09. The molecule has 2 rings (SSSR count). The lowest BCUT2D eigenvalue weighted by atomic mass is 10.1. The van der Waals surface area contributed by atoms with Crippen LogP contribution in [-0.4, -0.2) is 55.0 Å². The molecule has 0 radical (unpaired) electrons. The number of nitrogens with one attached hydrogen (secondary N) is 2. The van der Waals surface area contributed by atoms with Crippen molar-refractivity contribution in [3.63, 3.8) is 0 Å². The summed E-state index contributed by atoms with van der Waals surface area (Å²) in [5.41, 5.74) is 3.19. The smallest absolute Gasteiger partial charge is 0.408 e. The third-order valence-corrected chi connectivity index (χ3v) is 3.57. The van der Waals surface area contributed by atoms with Gasteiger partial charge in [0.2, 0.25) is 0 Å². The number of hydrazine groups is 1. The summed E-state index contributed by atoms with van der Waals surface area (Å²) in [5.74, 6) is -0.267. The van der Waals surface area contributed by atoms with Crippen LogP contribution < -0.4 is 10.7 Å². The molecule has 1 aliphatic heterocycles. The van der Waals surface area contributed by atoms with Crippen LogP contribution in [0.15, 0.2) is 30.3 Å². The minimum Gasteiger partial charge on any atom is -0.444 e. The van der Waals surface area contributed by atoms with Crippen LogP contribution in [0.5, 0.6) is 0 Å².